The van der Waals surface area contributed by atoms with Gasteiger partial charge in [0.1, 0.15) is 66.5 Å². The van der Waals surface area contributed by atoms with Gasteiger partial charge < -0.3 is 123 Å². The third-order valence-corrected chi connectivity index (χ3v) is 19.4. The molecular formula is C72H110N28O12. The van der Waals surface area contributed by atoms with Gasteiger partial charge in [-0.3, -0.25) is 79.2 Å². The van der Waals surface area contributed by atoms with Crippen molar-refractivity contribution in [2.24, 2.45) is 28.7 Å². The SMILES string of the molecule is CC(=O)N[C@@H](CCCNC(=N)N)C(=O)N[C@@H](CCCNC(=N)N)C(=O)N[C@@H](CCCNC(=N)N)C(=O)NCCCC[C@@H]1NC(=O)[C@H](CN)NC(=O)[C@H](Cc2c[nH]c3ccccc23)NC(=O)[C@H](CCCCNC(=N)N)NC(=O)[C@@H](Cc2ccccc2)NC(=O)[C@H](Cc2cnc[nH]2)NC(=O)[C@@H]2CCCN2C(=O)[C@H]2CCCN2C1=O. The van der Waals surface area contributed by atoms with Crippen molar-refractivity contribution in [3.05, 3.63) is 90.1 Å². The number of hydrogen-bond acceptors (Lipinski definition) is 18. The van der Waals surface area contributed by atoms with Crippen molar-refractivity contribution in [1.82, 2.24) is 99.2 Å². The summed E-state index contributed by atoms with van der Waals surface area (Å²) in [5.41, 5.74) is 30.7. The zero-order valence-electron chi connectivity index (χ0n) is 63.0. The molecule has 112 heavy (non-hydrogen) atoms. The molecule has 0 bridgehead atoms. The van der Waals surface area contributed by atoms with Crippen LogP contribution in [-0.4, -0.2) is 238 Å². The van der Waals surface area contributed by atoms with Gasteiger partial charge in [0.2, 0.25) is 70.9 Å². The molecule has 3 fully saturated rings. The number of benzene rings is 2. The molecule has 11 atom stereocenters. The van der Waals surface area contributed by atoms with E-state index < -0.39 is 144 Å². The van der Waals surface area contributed by atoms with Crippen LogP contribution in [0.3, 0.4) is 0 Å². The van der Waals surface area contributed by atoms with Gasteiger partial charge in [0.25, 0.3) is 0 Å². The third kappa shape index (κ3) is 27.8. The second kappa shape index (κ2) is 44.5. The molecule has 5 heterocycles. The number of carbonyl (C=O) groups excluding carboxylic acids is 12. The van der Waals surface area contributed by atoms with E-state index in [0.717, 1.165) is 0 Å². The number of guanidine groups is 4. The number of fused-ring (bicyclic) bond motifs is 3. The summed E-state index contributed by atoms with van der Waals surface area (Å²) in [5, 5.41) is 69.4. The highest BCUT2D eigenvalue weighted by atomic mass is 16.2. The number of amides is 12. The fourth-order valence-electron chi connectivity index (χ4n) is 13.7. The van der Waals surface area contributed by atoms with Gasteiger partial charge in [-0.05, 0) is 120 Å². The predicted molar refractivity (Wildman–Crippen MR) is 414 cm³/mol. The number of para-hydroxylation sites is 1. The highest BCUT2D eigenvalue weighted by Gasteiger charge is 2.45. The van der Waals surface area contributed by atoms with E-state index in [1.54, 1.807) is 48.7 Å². The van der Waals surface area contributed by atoms with Crippen molar-refractivity contribution in [2.75, 3.05) is 52.4 Å². The largest absolute Gasteiger partial charge is 0.370 e. The van der Waals surface area contributed by atoms with Gasteiger partial charge in [-0.1, -0.05) is 48.5 Å². The Morgan fingerprint density at radius 1 is 0.482 bits per heavy atom. The Bertz CT molecular complexity index is 3920. The standard InChI is InChI=1S/C72H110N28O12/c1-41(101)90-48(23-12-30-86-71(78)79)59(103)92-50(24-13-31-87-72(80)81)60(104)91-47(22-11-29-85-70(76)77)58(102)83-27-9-8-21-51-67(111)100-33-15-26-57(100)68(112)99-32-14-25-56(99)66(110)97-54(36-44-39-82-40-89-44)64(108)95-52(34-42-16-3-2-4-17-42)62(106)93-49(20-7-10-28-84-69(74)75)61(105)96-53(63(107)98-55(37-73)65(109)94-51)35-43-38-88-46-19-6-5-18-45(43)46/h2-6,16-19,38-40,47-57,88H,7-15,20-37,73H2,1H3,(H,82,89)(H,83,102)(H,90,101)(H,91,104)(H,92,103)(H,93,106)(H,94,109)(H,95,108)(H,96,105)(H,97,110)(H,98,107)(H4,74,75,84)(H4,76,77,85)(H4,78,79,86)(H4,80,81,87)/t47-,48-,49-,50-,51-,52+,53-,54-,55-,56-,57+/m0/s1. The van der Waals surface area contributed by atoms with E-state index in [9.17, 15) is 33.6 Å². The van der Waals surface area contributed by atoms with E-state index in [2.05, 4.69) is 89.4 Å². The van der Waals surface area contributed by atoms with Crippen molar-refractivity contribution in [3.8, 4) is 0 Å². The highest BCUT2D eigenvalue weighted by Crippen LogP contribution is 2.27. The molecule has 2 aromatic carbocycles. The van der Waals surface area contributed by atoms with E-state index in [1.807, 2.05) is 12.1 Å². The van der Waals surface area contributed by atoms with Gasteiger partial charge in [0.15, 0.2) is 23.8 Å². The Morgan fingerprint density at radius 2 is 0.929 bits per heavy atom. The molecule has 30 N–H and O–H groups in total. The molecule has 3 saturated heterocycles. The van der Waals surface area contributed by atoms with E-state index in [0.29, 0.717) is 47.0 Å². The average molecular weight is 1560 g/mol. The monoisotopic (exact) mass is 1560 g/mol. The molecule has 0 radical (unpaired) electrons. The lowest BCUT2D eigenvalue weighted by Gasteiger charge is -2.34. The van der Waals surface area contributed by atoms with Crippen molar-refractivity contribution >= 4 is 106 Å². The number of imidazole rings is 1. The number of aromatic nitrogens is 3. The van der Waals surface area contributed by atoms with Gasteiger partial charge in [0.05, 0.1) is 6.33 Å². The topological polar surface area (TPSA) is 650 Å². The van der Waals surface area contributed by atoms with Crippen LogP contribution in [0.2, 0.25) is 0 Å². The molecule has 3 aliphatic heterocycles. The van der Waals surface area contributed by atoms with E-state index in [4.69, 9.17) is 50.3 Å². The predicted octanol–water partition coefficient (Wildman–Crippen LogP) is -5.01. The maximum atomic E-state index is 15.4. The first-order valence-corrected chi connectivity index (χ1v) is 37.9. The molecule has 7 rings (SSSR count). The van der Waals surface area contributed by atoms with Crippen LogP contribution < -0.4 is 103 Å². The first kappa shape index (κ1) is 87.1. The van der Waals surface area contributed by atoms with Crippen molar-refractivity contribution in [2.45, 2.75) is 195 Å². The van der Waals surface area contributed by atoms with Crippen LogP contribution in [0.25, 0.3) is 10.9 Å². The zero-order valence-corrected chi connectivity index (χ0v) is 63.0. The van der Waals surface area contributed by atoms with Crippen LogP contribution in [0.15, 0.2) is 73.3 Å². The molecule has 3 aliphatic rings. The summed E-state index contributed by atoms with van der Waals surface area (Å²) < 4.78 is 0. The lowest BCUT2D eigenvalue weighted by molar-refractivity contribution is -0.148. The van der Waals surface area contributed by atoms with E-state index in [-0.39, 0.29) is 172 Å². The minimum atomic E-state index is -1.58. The first-order chi connectivity index (χ1) is 53.7. The van der Waals surface area contributed by atoms with Gasteiger partial charge >= 0.3 is 0 Å². The number of carbonyl (C=O) groups is 12. The Morgan fingerprint density at radius 3 is 1.48 bits per heavy atom. The smallest absolute Gasteiger partial charge is 0.246 e. The molecule has 40 heteroatoms. The zero-order chi connectivity index (χ0) is 81.2. The Labute approximate surface area is 648 Å². The number of H-pyrrole nitrogens is 2. The molecule has 610 valence electrons. The highest BCUT2D eigenvalue weighted by molar-refractivity contribution is 6.00. The van der Waals surface area contributed by atoms with Crippen LogP contribution in [0.5, 0.6) is 0 Å². The summed E-state index contributed by atoms with van der Waals surface area (Å²) in [6.07, 6.45) is 6.45. The lowest BCUT2D eigenvalue weighted by atomic mass is 10.0. The van der Waals surface area contributed by atoms with Crippen LogP contribution in [0.4, 0.5) is 0 Å². The Hall–Kier alpha value is -12.1. The number of nitrogens with two attached hydrogens (primary N) is 5. The molecule has 0 spiro atoms. The second-order valence-corrected chi connectivity index (χ2v) is 28.0. The van der Waals surface area contributed by atoms with E-state index in [1.165, 1.54) is 29.2 Å². The number of hydrogen-bond donors (Lipinski definition) is 25. The molecule has 40 nitrogen and oxygen atoms in total. The Balaban J connectivity index is 1.19. The molecular weight excluding hydrogens is 1450 g/mol. The molecule has 0 unspecified atom stereocenters. The number of rotatable bonds is 35. The maximum Gasteiger partial charge on any atom is 0.246 e. The molecule has 0 saturated carbocycles. The summed E-state index contributed by atoms with van der Waals surface area (Å²) in [4.78, 5) is 188. The van der Waals surface area contributed by atoms with Crippen LogP contribution in [0.1, 0.15) is 126 Å². The number of nitrogens with zero attached hydrogens (tertiary/aromatic N) is 3. The molecule has 4 aromatic rings. The van der Waals surface area contributed by atoms with E-state index >= 15 is 24.0 Å². The quantitative estimate of drug-likeness (QED) is 0.0116. The number of nitrogens with one attached hydrogen (secondary N) is 20. The van der Waals surface area contributed by atoms with Gasteiger partial charge in [-0.25, -0.2) is 4.98 Å². The van der Waals surface area contributed by atoms with Gasteiger partial charge in [0, 0.05) is 108 Å². The number of aromatic amines is 2. The van der Waals surface area contributed by atoms with Crippen molar-refractivity contribution in [3.63, 3.8) is 0 Å². The Kier molecular flexibility index (Phi) is 34.6. The average Bonchev–Trinajstić information content (AvgIpc) is 1.63. The number of unbranched alkanes of at least 4 members (excludes halogenated alkanes) is 2. The minimum absolute atomic E-state index is 0.0152. The van der Waals surface area contributed by atoms with Crippen LogP contribution in [0, 0.1) is 21.6 Å². The molecule has 0 aliphatic carbocycles. The van der Waals surface area contributed by atoms with Gasteiger partial charge in [-0.2, -0.15) is 0 Å². The van der Waals surface area contributed by atoms with Crippen molar-refractivity contribution < 1.29 is 57.5 Å². The lowest BCUT2D eigenvalue weighted by Crippen LogP contribution is -2.62. The first-order valence-electron chi connectivity index (χ1n) is 37.9. The third-order valence-electron chi connectivity index (χ3n) is 19.4. The summed E-state index contributed by atoms with van der Waals surface area (Å²) in [5.74, 6) is -10.2. The van der Waals surface area contributed by atoms with Crippen molar-refractivity contribution in [1.29, 1.82) is 21.6 Å². The van der Waals surface area contributed by atoms with Gasteiger partial charge in [-0.15, -0.1) is 0 Å². The summed E-state index contributed by atoms with van der Waals surface area (Å²) in [6, 6.07) is 1.28. The maximum absolute atomic E-state index is 15.4. The fraction of sp³-hybridized carbons (Fsp3) is 0.542. The van der Waals surface area contributed by atoms with Crippen LogP contribution >= 0.6 is 0 Å². The summed E-state index contributed by atoms with van der Waals surface area (Å²) in [6.45, 7) is 1.39. The normalized spacial score (nSPS) is 20.9. The minimum Gasteiger partial charge on any atom is -0.370 e. The second-order valence-electron chi connectivity index (χ2n) is 28.0. The summed E-state index contributed by atoms with van der Waals surface area (Å²) >= 11 is 0. The van der Waals surface area contributed by atoms with Crippen LogP contribution in [-0.2, 0) is 76.8 Å². The fourth-order valence-corrected chi connectivity index (χ4v) is 13.7. The molecule has 2 aromatic heterocycles. The molecule has 12 amide bonds. The summed E-state index contributed by atoms with van der Waals surface area (Å²) in [7, 11) is 0.